The molecule has 0 aliphatic carbocycles. The fraction of sp³-hybridized carbons (Fsp3) is 0.312. The highest BCUT2D eigenvalue weighted by Gasteiger charge is 2.09. The summed E-state index contributed by atoms with van der Waals surface area (Å²) in [6, 6.07) is 5.23. The first-order valence-corrected chi connectivity index (χ1v) is 7.17. The Kier molecular flexibility index (Phi) is 4.93. The van der Waals surface area contributed by atoms with Crippen molar-refractivity contribution in [1.82, 2.24) is 9.55 Å². The van der Waals surface area contributed by atoms with Crippen LogP contribution in [-0.4, -0.2) is 29.2 Å². The number of hydrogen-bond donors (Lipinski definition) is 2. The maximum Gasteiger partial charge on any atom is 0.324 e. The lowest BCUT2D eigenvalue weighted by Gasteiger charge is -2.21. The molecule has 0 spiro atoms. The van der Waals surface area contributed by atoms with Crippen molar-refractivity contribution < 1.29 is 4.79 Å². The average molecular weight is 299 g/mol. The lowest BCUT2D eigenvalue weighted by molar-refractivity contribution is 0.249. The monoisotopic (exact) mass is 299 g/mol. The molecule has 6 heteroatoms. The molecule has 2 heterocycles. The maximum absolute atomic E-state index is 11.4. The number of primary amides is 1. The Bertz CT molecular complexity index is 708. The first-order chi connectivity index (χ1) is 10.5. The third-order valence-corrected chi connectivity index (χ3v) is 3.51. The number of carbonyl (C=O) groups is 1. The van der Waals surface area contributed by atoms with E-state index in [1.807, 2.05) is 37.2 Å². The molecular formula is C16H21N5O. The van der Waals surface area contributed by atoms with E-state index < -0.39 is 6.03 Å². The van der Waals surface area contributed by atoms with Gasteiger partial charge in [-0.3, -0.25) is 15.0 Å². The molecule has 2 rings (SSSR count). The molecule has 0 aromatic carbocycles. The van der Waals surface area contributed by atoms with Crippen molar-refractivity contribution in [3.8, 4) is 0 Å². The van der Waals surface area contributed by atoms with Gasteiger partial charge in [-0.15, -0.1) is 0 Å². The predicted molar refractivity (Wildman–Crippen MR) is 85.8 cm³/mol. The lowest BCUT2D eigenvalue weighted by Crippen LogP contribution is -2.36. The molecule has 116 valence electrons. The van der Waals surface area contributed by atoms with Crippen LogP contribution in [0.3, 0.4) is 0 Å². The van der Waals surface area contributed by atoms with Crippen molar-refractivity contribution in [2.24, 2.45) is 5.73 Å². The smallest absolute Gasteiger partial charge is 0.324 e. The molecule has 0 aliphatic heterocycles. The summed E-state index contributed by atoms with van der Waals surface area (Å²) in [6.07, 6.45) is 7.07. The molecule has 1 amide bonds. The van der Waals surface area contributed by atoms with Crippen LogP contribution in [0.25, 0.3) is 0 Å². The number of aromatic nitrogens is 2. The quantitative estimate of drug-likeness (QED) is 0.880. The van der Waals surface area contributed by atoms with Gasteiger partial charge in [-0.25, -0.2) is 4.79 Å². The van der Waals surface area contributed by atoms with Crippen LogP contribution in [0, 0.1) is 12.3 Å². The normalized spacial score (nSPS) is 10.5. The van der Waals surface area contributed by atoms with E-state index in [1.165, 1.54) is 10.1 Å². The van der Waals surface area contributed by atoms with Crippen molar-refractivity contribution in [2.75, 3.05) is 18.5 Å². The van der Waals surface area contributed by atoms with Crippen LogP contribution < -0.4 is 16.1 Å². The van der Waals surface area contributed by atoms with E-state index in [2.05, 4.69) is 11.1 Å². The fourth-order valence-corrected chi connectivity index (χ4v) is 2.36. The Hall–Kier alpha value is -2.63. The number of nitrogens with zero attached hydrogens (tertiary/aromatic N) is 3. The second kappa shape index (κ2) is 6.89. The van der Waals surface area contributed by atoms with Crippen LogP contribution in [0.4, 0.5) is 10.5 Å². The summed E-state index contributed by atoms with van der Waals surface area (Å²) in [5.74, 6) is 0. The summed E-state index contributed by atoms with van der Waals surface area (Å²) in [5.41, 5.74) is 8.20. The van der Waals surface area contributed by atoms with E-state index in [9.17, 15) is 4.79 Å². The summed E-state index contributed by atoms with van der Waals surface area (Å²) in [6.45, 7) is 2.66. The Labute approximate surface area is 129 Å². The van der Waals surface area contributed by atoms with Crippen LogP contribution >= 0.6 is 0 Å². The van der Waals surface area contributed by atoms with Crippen LogP contribution in [-0.2, 0) is 6.42 Å². The predicted octanol–water partition coefficient (Wildman–Crippen LogP) is 1.67. The van der Waals surface area contributed by atoms with Crippen molar-refractivity contribution >= 4 is 11.7 Å². The number of rotatable bonds is 5. The molecule has 2 aromatic heterocycles. The first kappa shape index (κ1) is 15.8. The van der Waals surface area contributed by atoms with Gasteiger partial charge in [0.25, 0.3) is 0 Å². The van der Waals surface area contributed by atoms with Gasteiger partial charge in [-0.1, -0.05) is 6.07 Å². The highest BCUT2D eigenvalue weighted by atomic mass is 16.2. The minimum Gasteiger partial charge on any atom is -0.372 e. The molecule has 3 N–H and O–H groups in total. The van der Waals surface area contributed by atoms with Crippen molar-refractivity contribution in [3.63, 3.8) is 0 Å². The Balaban J connectivity index is 2.08. The van der Waals surface area contributed by atoms with E-state index in [0.29, 0.717) is 5.69 Å². The van der Waals surface area contributed by atoms with E-state index in [-0.39, 0.29) is 5.49 Å². The van der Waals surface area contributed by atoms with E-state index >= 15 is 0 Å². The number of hydrogen-bond acceptors (Lipinski definition) is 4. The Morgan fingerprint density at radius 2 is 2.27 bits per heavy atom. The van der Waals surface area contributed by atoms with E-state index in [0.717, 1.165) is 24.9 Å². The molecule has 6 nitrogen and oxygen atoms in total. The van der Waals surface area contributed by atoms with Crippen LogP contribution in [0.5, 0.6) is 0 Å². The zero-order chi connectivity index (χ0) is 16.1. The van der Waals surface area contributed by atoms with Crippen molar-refractivity contribution in [1.29, 1.82) is 5.41 Å². The lowest BCUT2D eigenvalue weighted by atomic mass is 10.1. The number of nitrogens with one attached hydrogen (secondary N) is 1. The number of pyridine rings is 2. The molecule has 2 aromatic rings. The summed E-state index contributed by atoms with van der Waals surface area (Å²) in [5, 5.41) is 8.11. The second-order valence-corrected chi connectivity index (χ2v) is 5.35. The minimum absolute atomic E-state index is 0.113. The standard InChI is InChI=1S/C16H21N5O/c1-12-9-14(15(17)21(11-12)16(18)22)20(2)8-4-6-13-5-3-7-19-10-13/h3,5,7,9-11,17H,4,6,8H2,1-2H3,(H2,18,22). The number of nitrogens with two attached hydrogens (primary N) is 1. The Morgan fingerprint density at radius 3 is 2.91 bits per heavy atom. The van der Waals surface area contributed by atoms with Gasteiger partial charge < -0.3 is 10.6 Å². The molecule has 0 saturated carbocycles. The molecule has 0 fully saturated rings. The molecule has 22 heavy (non-hydrogen) atoms. The molecular weight excluding hydrogens is 278 g/mol. The SMILES string of the molecule is Cc1cc(N(C)CCCc2cccnc2)c(=N)n(C(N)=O)c1. The largest absolute Gasteiger partial charge is 0.372 e. The van der Waals surface area contributed by atoms with E-state index in [4.69, 9.17) is 11.1 Å². The van der Waals surface area contributed by atoms with Gasteiger partial charge in [-0.05, 0) is 43.0 Å². The summed E-state index contributed by atoms with van der Waals surface area (Å²) >= 11 is 0. The van der Waals surface area contributed by atoms with Crippen LogP contribution in [0.2, 0.25) is 0 Å². The third-order valence-electron chi connectivity index (χ3n) is 3.51. The van der Waals surface area contributed by atoms with Crippen molar-refractivity contribution in [2.45, 2.75) is 19.8 Å². The second-order valence-electron chi connectivity index (χ2n) is 5.35. The highest BCUT2D eigenvalue weighted by molar-refractivity contribution is 5.75. The molecule has 0 saturated heterocycles. The molecule has 0 bridgehead atoms. The van der Waals surface area contributed by atoms with Gasteiger partial charge in [-0.2, -0.15) is 0 Å². The van der Waals surface area contributed by atoms with Crippen LogP contribution in [0.1, 0.15) is 17.5 Å². The summed E-state index contributed by atoms with van der Waals surface area (Å²) in [7, 11) is 1.92. The molecule has 0 unspecified atom stereocenters. The van der Waals surface area contributed by atoms with Gasteiger partial charge >= 0.3 is 6.03 Å². The fourth-order valence-electron chi connectivity index (χ4n) is 2.36. The van der Waals surface area contributed by atoms with Gasteiger partial charge in [0.1, 0.15) is 0 Å². The van der Waals surface area contributed by atoms with Crippen molar-refractivity contribution in [3.05, 3.63) is 53.4 Å². The molecule has 0 aliphatic rings. The topological polar surface area (TPSA) is 88.0 Å². The molecule has 0 atom stereocenters. The zero-order valence-corrected chi connectivity index (χ0v) is 12.9. The van der Waals surface area contributed by atoms with Gasteiger partial charge in [0, 0.05) is 32.2 Å². The number of carbonyl (C=O) groups excluding carboxylic acids is 1. The summed E-state index contributed by atoms with van der Waals surface area (Å²) < 4.78 is 1.17. The van der Waals surface area contributed by atoms with Gasteiger partial charge in [0.2, 0.25) is 0 Å². The van der Waals surface area contributed by atoms with Gasteiger partial charge in [0.15, 0.2) is 5.49 Å². The third kappa shape index (κ3) is 3.72. The number of amides is 1. The Morgan fingerprint density at radius 1 is 1.50 bits per heavy atom. The first-order valence-electron chi connectivity index (χ1n) is 7.17. The minimum atomic E-state index is -0.640. The molecule has 0 radical (unpaired) electrons. The van der Waals surface area contributed by atoms with Gasteiger partial charge in [0.05, 0.1) is 5.69 Å². The van der Waals surface area contributed by atoms with E-state index in [1.54, 1.807) is 12.4 Å². The maximum atomic E-state index is 11.4. The van der Waals surface area contributed by atoms with Crippen LogP contribution in [0.15, 0.2) is 36.8 Å². The number of anilines is 1. The number of aryl methyl sites for hydroxylation is 2. The highest BCUT2D eigenvalue weighted by Crippen LogP contribution is 2.10. The summed E-state index contributed by atoms with van der Waals surface area (Å²) in [4.78, 5) is 17.5. The average Bonchev–Trinajstić information content (AvgIpc) is 2.50. The zero-order valence-electron chi connectivity index (χ0n) is 12.9.